The number of ketones is 1. The number of carbonyl (C=O) groups excluding carboxylic acids is 3. The van der Waals surface area contributed by atoms with Crippen LogP contribution in [0, 0.1) is 5.82 Å². The van der Waals surface area contributed by atoms with Crippen LogP contribution in [0.5, 0.6) is 17.2 Å². The monoisotopic (exact) mass is 547 g/mol. The smallest absolute Gasteiger partial charge is 0.438 e. The van der Waals surface area contributed by atoms with Gasteiger partial charge in [-0.2, -0.15) is 23.3 Å². The minimum absolute atomic E-state index is 0.0592. The van der Waals surface area contributed by atoms with Gasteiger partial charge in [0.1, 0.15) is 5.75 Å². The Morgan fingerprint density at radius 2 is 1.78 bits per heavy atom. The highest BCUT2D eigenvalue weighted by molar-refractivity contribution is 6.47. The number of benzene rings is 2. The van der Waals surface area contributed by atoms with Crippen LogP contribution < -0.4 is 15.1 Å². The van der Waals surface area contributed by atoms with E-state index in [0.717, 1.165) is 37.5 Å². The number of rotatable bonds is 5. The maximum atomic E-state index is 14.5. The molecule has 36 heavy (non-hydrogen) atoms. The van der Waals surface area contributed by atoms with E-state index in [1.807, 2.05) is 0 Å². The molecule has 1 heterocycles. The first kappa shape index (κ1) is 25.7. The molecule has 190 valence electrons. The summed E-state index contributed by atoms with van der Waals surface area (Å²) in [7, 11) is 0. The Morgan fingerprint density at radius 1 is 1.14 bits per heavy atom. The molecule has 4 rings (SSSR count). The normalized spacial score (nSPS) is 16.5. The third kappa shape index (κ3) is 5.09. The zero-order valence-corrected chi connectivity index (χ0v) is 19.5. The summed E-state index contributed by atoms with van der Waals surface area (Å²) in [5.41, 5.74) is -2.34. The van der Waals surface area contributed by atoms with Crippen LogP contribution in [0.3, 0.4) is 0 Å². The highest BCUT2D eigenvalue weighted by atomic mass is 35.5. The van der Waals surface area contributed by atoms with E-state index < -0.39 is 53.2 Å². The van der Waals surface area contributed by atoms with Crippen LogP contribution in [0.1, 0.15) is 36.0 Å². The average Bonchev–Trinajstić information content (AvgIpc) is 2.73. The van der Waals surface area contributed by atoms with Gasteiger partial charge in [0.2, 0.25) is 5.71 Å². The fraction of sp³-hybridized carbons (Fsp3) is 0.273. The van der Waals surface area contributed by atoms with Crippen LogP contribution in [-0.2, 0) is 9.59 Å². The third-order valence-electron chi connectivity index (χ3n) is 5.46. The summed E-state index contributed by atoms with van der Waals surface area (Å²) in [6.45, 7) is 0. The maximum Gasteiger partial charge on any atom is 0.438 e. The minimum Gasteiger partial charge on any atom is -0.507 e. The van der Waals surface area contributed by atoms with E-state index in [1.165, 1.54) is 0 Å². The molecule has 0 bridgehead atoms. The molecule has 2 aromatic carbocycles. The number of alkyl halides is 3. The number of carbonyl (C=O) groups is 3. The number of amides is 2. The van der Waals surface area contributed by atoms with Gasteiger partial charge in [-0.05, 0) is 31.4 Å². The van der Waals surface area contributed by atoms with E-state index >= 15 is 0 Å². The van der Waals surface area contributed by atoms with Crippen LogP contribution >= 0.6 is 23.2 Å². The van der Waals surface area contributed by atoms with Gasteiger partial charge in [0.15, 0.2) is 23.1 Å². The predicted molar refractivity (Wildman–Crippen MR) is 120 cm³/mol. The Morgan fingerprint density at radius 3 is 2.33 bits per heavy atom. The number of aromatic hydroxyl groups is 1. The maximum absolute atomic E-state index is 14.5. The molecule has 1 fully saturated rings. The number of phenolic OH excluding ortho intramolecular Hbond substituents is 1. The zero-order valence-electron chi connectivity index (χ0n) is 18.0. The van der Waals surface area contributed by atoms with Crippen molar-refractivity contribution >= 4 is 52.2 Å². The van der Waals surface area contributed by atoms with Gasteiger partial charge < -0.3 is 15.2 Å². The van der Waals surface area contributed by atoms with Crippen molar-refractivity contribution in [2.45, 2.75) is 37.9 Å². The van der Waals surface area contributed by atoms with Gasteiger partial charge in [0.05, 0.1) is 27.7 Å². The van der Waals surface area contributed by atoms with Crippen molar-refractivity contribution in [2.75, 3.05) is 5.01 Å². The van der Waals surface area contributed by atoms with Gasteiger partial charge in [0.25, 0.3) is 11.8 Å². The zero-order chi connectivity index (χ0) is 26.4. The largest absolute Gasteiger partial charge is 0.507 e. The number of phenols is 1. The van der Waals surface area contributed by atoms with Crippen molar-refractivity contribution < 1.29 is 41.8 Å². The van der Waals surface area contributed by atoms with Gasteiger partial charge in [0, 0.05) is 18.2 Å². The third-order valence-corrected chi connectivity index (χ3v) is 6.02. The number of anilines is 1. The lowest BCUT2D eigenvalue weighted by atomic mass is 9.93. The van der Waals surface area contributed by atoms with Crippen LogP contribution in [0.15, 0.2) is 29.4 Å². The van der Waals surface area contributed by atoms with Gasteiger partial charge in [-0.1, -0.05) is 23.2 Å². The van der Waals surface area contributed by atoms with E-state index in [0.29, 0.717) is 11.1 Å². The number of hydrogen-bond acceptors (Lipinski definition) is 6. The second-order valence-corrected chi connectivity index (χ2v) is 8.81. The molecule has 0 radical (unpaired) electrons. The number of halogens is 6. The van der Waals surface area contributed by atoms with Crippen LogP contribution in [0.2, 0.25) is 10.0 Å². The van der Waals surface area contributed by atoms with Crippen molar-refractivity contribution in [1.82, 2.24) is 5.32 Å². The Hall–Kier alpha value is -3.38. The summed E-state index contributed by atoms with van der Waals surface area (Å²) >= 11 is 12.3. The molecule has 2 amide bonds. The highest BCUT2D eigenvalue weighted by Gasteiger charge is 2.45. The first-order valence-electron chi connectivity index (χ1n) is 10.4. The lowest BCUT2D eigenvalue weighted by Crippen LogP contribution is -2.43. The van der Waals surface area contributed by atoms with E-state index in [4.69, 9.17) is 27.9 Å². The number of nitrogens with zero attached hydrogens (tertiary/aromatic N) is 2. The molecule has 2 aromatic rings. The molecule has 0 spiro atoms. The molecule has 2 N–H and O–H groups in total. The molecule has 14 heteroatoms. The van der Waals surface area contributed by atoms with E-state index in [2.05, 4.69) is 10.4 Å². The molecule has 1 aliphatic heterocycles. The molecule has 0 aromatic heterocycles. The molecule has 2 aliphatic rings. The molecular formula is C22H15Cl2F4N3O5. The fourth-order valence-electron chi connectivity index (χ4n) is 3.42. The summed E-state index contributed by atoms with van der Waals surface area (Å²) < 4.78 is 59.1. The summed E-state index contributed by atoms with van der Waals surface area (Å²) in [5, 5.41) is 15.4. The molecule has 0 unspecified atom stereocenters. The Labute approximate surface area is 210 Å². The topological polar surface area (TPSA) is 108 Å². The van der Waals surface area contributed by atoms with Gasteiger partial charge >= 0.3 is 6.18 Å². The average molecular weight is 548 g/mol. The number of ether oxygens (including phenoxy) is 1. The second-order valence-electron chi connectivity index (χ2n) is 7.99. The highest BCUT2D eigenvalue weighted by Crippen LogP contribution is 2.42. The van der Waals surface area contributed by atoms with Crippen molar-refractivity contribution in [3.05, 3.63) is 45.7 Å². The van der Waals surface area contributed by atoms with Crippen LogP contribution in [0.25, 0.3) is 0 Å². The lowest BCUT2D eigenvalue weighted by molar-refractivity contribution is -0.126. The predicted octanol–water partition coefficient (Wildman–Crippen LogP) is 5.14. The molecule has 8 nitrogen and oxygen atoms in total. The Kier molecular flexibility index (Phi) is 6.84. The number of hydrogen-bond donors (Lipinski definition) is 2. The van der Waals surface area contributed by atoms with Crippen molar-refractivity contribution in [3.8, 4) is 17.2 Å². The SMILES string of the molecule is O=C1CC(=O)N(c2cc(Cl)c(Oc3cc(C(=O)NC4CCC4)c(O)cc3F)c(Cl)c2)N=C1C(F)(F)F. The van der Waals surface area contributed by atoms with Crippen molar-refractivity contribution in [3.63, 3.8) is 0 Å². The van der Waals surface area contributed by atoms with Crippen molar-refractivity contribution in [2.24, 2.45) is 5.10 Å². The lowest BCUT2D eigenvalue weighted by Gasteiger charge is -2.26. The quantitative estimate of drug-likeness (QED) is 0.398. The van der Waals surface area contributed by atoms with E-state index in [9.17, 15) is 37.1 Å². The van der Waals surface area contributed by atoms with Gasteiger partial charge in [-0.25, -0.2) is 4.39 Å². The molecule has 1 saturated carbocycles. The van der Waals surface area contributed by atoms with E-state index in [1.54, 1.807) is 0 Å². The minimum atomic E-state index is -5.09. The summed E-state index contributed by atoms with van der Waals surface area (Å²) in [6, 6.07) is 3.51. The first-order valence-corrected chi connectivity index (χ1v) is 11.1. The van der Waals surface area contributed by atoms with E-state index in [-0.39, 0.29) is 33.1 Å². The number of Topliss-reactive ketones (excluding diaryl/α,β-unsaturated/α-hetero) is 1. The molecule has 1 aliphatic carbocycles. The summed E-state index contributed by atoms with van der Waals surface area (Å²) in [6.07, 6.45) is -3.67. The fourth-order valence-corrected chi connectivity index (χ4v) is 3.97. The summed E-state index contributed by atoms with van der Waals surface area (Å²) in [4.78, 5) is 36.2. The number of nitrogens with one attached hydrogen (secondary N) is 1. The first-order chi connectivity index (χ1) is 16.8. The Balaban J connectivity index is 1.65. The van der Waals surface area contributed by atoms with Crippen molar-refractivity contribution in [1.29, 1.82) is 0 Å². The number of hydrazone groups is 1. The molecular weight excluding hydrogens is 533 g/mol. The van der Waals surface area contributed by atoms with Gasteiger partial charge in [-0.3, -0.25) is 14.4 Å². The Bertz CT molecular complexity index is 1290. The standard InChI is InChI=1S/C22H15Cl2F4N3O5/c23-12-4-10(31-18(34)8-16(33)20(30-31)22(26,27)28)5-13(24)19(12)36-17-6-11(15(32)7-14(17)25)21(35)29-9-2-1-3-9/h4-7,9,32H,1-3,8H2,(H,29,35). The van der Waals surface area contributed by atoms with Gasteiger partial charge in [-0.15, -0.1) is 0 Å². The molecule has 0 saturated heterocycles. The van der Waals surface area contributed by atoms with Crippen LogP contribution in [0.4, 0.5) is 23.2 Å². The summed E-state index contributed by atoms with van der Waals surface area (Å²) in [5.74, 6) is -5.75. The second kappa shape index (κ2) is 9.58. The van der Waals surface area contributed by atoms with Crippen LogP contribution in [-0.4, -0.2) is 40.6 Å². The molecule has 0 atom stereocenters.